The van der Waals surface area contributed by atoms with Crippen molar-refractivity contribution in [1.82, 2.24) is 9.78 Å². The van der Waals surface area contributed by atoms with Gasteiger partial charge >= 0.3 is 0 Å². The smallest absolute Gasteiger partial charge is 0.261 e. The van der Waals surface area contributed by atoms with Gasteiger partial charge in [0.15, 0.2) is 0 Å². The number of amides is 2. The third-order valence-electron chi connectivity index (χ3n) is 6.54. The summed E-state index contributed by atoms with van der Waals surface area (Å²) in [6, 6.07) is 22.3. The number of anilines is 3. The van der Waals surface area contributed by atoms with Crippen molar-refractivity contribution in [1.29, 1.82) is 0 Å². The van der Waals surface area contributed by atoms with Crippen molar-refractivity contribution >= 4 is 29.0 Å². The first-order valence-electron chi connectivity index (χ1n) is 12.3. The molecule has 2 amide bonds. The van der Waals surface area contributed by atoms with Gasteiger partial charge in [-0.3, -0.25) is 9.59 Å². The predicted molar refractivity (Wildman–Crippen MR) is 149 cm³/mol. The number of hydrogen-bond donors (Lipinski definition) is 3. The molecule has 1 aliphatic heterocycles. The normalized spacial score (nSPS) is 14.4. The Morgan fingerprint density at radius 2 is 1.66 bits per heavy atom. The van der Waals surface area contributed by atoms with E-state index in [9.17, 15) is 9.59 Å². The van der Waals surface area contributed by atoms with E-state index >= 15 is 0 Å². The van der Waals surface area contributed by atoms with Crippen LogP contribution in [0.25, 0.3) is 0 Å². The average molecular weight is 508 g/mol. The number of hydrogen-bond acceptors (Lipinski definition) is 5. The fraction of sp³-hybridized carbons (Fsp3) is 0.167. The SMILES string of the molecule is COc1ccccc1NC(=O)C1=C(C)Nc2c(C(=O)Nc3cccc(C)c3)cnn2[C@@H]1c1ccc(C)cc1. The molecule has 192 valence electrons. The number of nitrogens with one attached hydrogen (secondary N) is 3. The number of aromatic nitrogens is 2. The van der Waals surface area contributed by atoms with Gasteiger partial charge in [-0.1, -0.05) is 54.1 Å². The maximum absolute atomic E-state index is 13.7. The van der Waals surface area contributed by atoms with Crippen LogP contribution in [0.1, 0.15) is 40.0 Å². The van der Waals surface area contributed by atoms with Gasteiger partial charge in [0.2, 0.25) is 0 Å². The summed E-state index contributed by atoms with van der Waals surface area (Å²) in [6.45, 7) is 5.81. The lowest BCUT2D eigenvalue weighted by Gasteiger charge is -2.30. The lowest BCUT2D eigenvalue weighted by Crippen LogP contribution is -2.32. The molecule has 5 rings (SSSR count). The Balaban J connectivity index is 1.54. The second-order valence-corrected chi connectivity index (χ2v) is 9.31. The number of aryl methyl sites for hydroxylation is 2. The molecule has 0 fully saturated rings. The van der Waals surface area contributed by atoms with E-state index in [0.717, 1.165) is 16.7 Å². The van der Waals surface area contributed by atoms with Crippen molar-refractivity contribution in [2.24, 2.45) is 0 Å². The minimum atomic E-state index is -0.554. The summed E-state index contributed by atoms with van der Waals surface area (Å²) >= 11 is 0. The van der Waals surface area contributed by atoms with Gasteiger partial charge in [-0.25, -0.2) is 4.68 Å². The van der Waals surface area contributed by atoms with E-state index in [1.54, 1.807) is 23.9 Å². The van der Waals surface area contributed by atoms with Crippen molar-refractivity contribution < 1.29 is 14.3 Å². The second-order valence-electron chi connectivity index (χ2n) is 9.31. The van der Waals surface area contributed by atoms with E-state index < -0.39 is 6.04 Å². The van der Waals surface area contributed by atoms with Crippen LogP contribution in [0.2, 0.25) is 0 Å². The quantitative estimate of drug-likeness (QED) is 0.312. The first-order chi connectivity index (χ1) is 18.4. The van der Waals surface area contributed by atoms with Crippen molar-refractivity contribution in [2.75, 3.05) is 23.1 Å². The number of allylic oxidation sites excluding steroid dienone is 1. The Labute approximate surface area is 221 Å². The van der Waals surface area contributed by atoms with E-state index in [1.165, 1.54) is 6.20 Å². The molecule has 0 spiro atoms. The number of carbonyl (C=O) groups is 2. The number of methoxy groups -OCH3 is 1. The van der Waals surface area contributed by atoms with Crippen LogP contribution in [0.4, 0.5) is 17.2 Å². The van der Waals surface area contributed by atoms with Crippen LogP contribution < -0.4 is 20.7 Å². The molecule has 2 heterocycles. The summed E-state index contributed by atoms with van der Waals surface area (Å²) in [5, 5.41) is 13.8. The van der Waals surface area contributed by atoms with Gasteiger partial charge in [-0.2, -0.15) is 5.10 Å². The van der Waals surface area contributed by atoms with E-state index in [-0.39, 0.29) is 11.8 Å². The largest absolute Gasteiger partial charge is 0.495 e. The van der Waals surface area contributed by atoms with Crippen LogP contribution in [-0.4, -0.2) is 28.7 Å². The Kier molecular flexibility index (Phi) is 6.70. The molecule has 1 aliphatic rings. The summed E-state index contributed by atoms with van der Waals surface area (Å²) in [6.07, 6.45) is 1.53. The zero-order valence-corrected chi connectivity index (χ0v) is 21.7. The molecule has 0 bridgehead atoms. The van der Waals surface area contributed by atoms with Crippen LogP contribution in [0, 0.1) is 13.8 Å². The number of rotatable bonds is 6. The van der Waals surface area contributed by atoms with Crippen molar-refractivity contribution in [2.45, 2.75) is 26.8 Å². The Morgan fingerprint density at radius 1 is 0.895 bits per heavy atom. The van der Waals surface area contributed by atoms with Crippen LogP contribution in [0.15, 0.2) is 90.3 Å². The fourth-order valence-corrected chi connectivity index (χ4v) is 4.63. The lowest BCUT2D eigenvalue weighted by molar-refractivity contribution is -0.113. The van der Waals surface area contributed by atoms with Crippen LogP contribution >= 0.6 is 0 Å². The lowest BCUT2D eigenvalue weighted by atomic mass is 9.94. The molecule has 0 radical (unpaired) electrons. The number of carbonyl (C=O) groups excluding carboxylic acids is 2. The van der Waals surface area contributed by atoms with Gasteiger partial charge in [0.05, 0.1) is 24.6 Å². The number of nitrogens with zero attached hydrogens (tertiary/aromatic N) is 2. The van der Waals surface area contributed by atoms with Gasteiger partial charge in [0.25, 0.3) is 11.8 Å². The predicted octanol–water partition coefficient (Wildman–Crippen LogP) is 5.69. The number of para-hydroxylation sites is 2. The molecule has 0 unspecified atom stereocenters. The van der Waals surface area contributed by atoms with Gasteiger partial charge < -0.3 is 20.7 Å². The fourth-order valence-electron chi connectivity index (χ4n) is 4.63. The third kappa shape index (κ3) is 4.76. The molecule has 8 heteroatoms. The molecule has 4 aromatic rings. The molecule has 0 aliphatic carbocycles. The van der Waals surface area contributed by atoms with E-state index in [2.05, 4.69) is 21.0 Å². The molecular formula is C30H29N5O3. The molecule has 3 N–H and O–H groups in total. The molecule has 0 saturated carbocycles. The van der Waals surface area contributed by atoms with Crippen molar-refractivity contribution in [3.8, 4) is 5.75 Å². The topological polar surface area (TPSA) is 97.3 Å². The Hall–Kier alpha value is -4.85. The van der Waals surface area contributed by atoms with Gasteiger partial charge in [-0.15, -0.1) is 0 Å². The van der Waals surface area contributed by atoms with E-state index in [1.807, 2.05) is 81.4 Å². The summed E-state index contributed by atoms with van der Waals surface area (Å²) < 4.78 is 7.11. The summed E-state index contributed by atoms with van der Waals surface area (Å²) in [5.74, 6) is 0.496. The Bertz CT molecular complexity index is 1550. The van der Waals surface area contributed by atoms with Crippen molar-refractivity contribution in [3.63, 3.8) is 0 Å². The molecule has 8 nitrogen and oxygen atoms in total. The number of benzene rings is 3. The van der Waals surface area contributed by atoms with Gasteiger partial charge in [-0.05, 0) is 56.2 Å². The summed E-state index contributed by atoms with van der Waals surface area (Å²) in [4.78, 5) is 27.0. The first kappa shape index (κ1) is 24.8. The molecule has 38 heavy (non-hydrogen) atoms. The molecule has 3 aromatic carbocycles. The van der Waals surface area contributed by atoms with E-state index in [4.69, 9.17) is 4.74 Å². The summed E-state index contributed by atoms with van der Waals surface area (Å²) in [5.41, 5.74) is 5.77. The monoisotopic (exact) mass is 507 g/mol. The van der Waals surface area contributed by atoms with Crippen LogP contribution in [0.3, 0.4) is 0 Å². The zero-order chi connectivity index (χ0) is 26.8. The highest BCUT2D eigenvalue weighted by Crippen LogP contribution is 2.38. The number of ether oxygens (including phenoxy) is 1. The molecule has 0 saturated heterocycles. The van der Waals surface area contributed by atoms with Gasteiger partial charge in [0, 0.05) is 11.4 Å². The van der Waals surface area contributed by atoms with E-state index in [0.29, 0.717) is 39.8 Å². The minimum absolute atomic E-state index is 0.290. The van der Waals surface area contributed by atoms with Gasteiger partial charge in [0.1, 0.15) is 23.2 Å². The third-order valence-corrected chi connectivity index (χ3v) is 6.54. The first-order valence-corrected chi connectivity index (χ1v) is 12.3. The van der Waals surface area contributed by atoms with Crippen LogP contribution in [0.5, 0.6) is 5.75 Å². The molecular weight excluding hydrogens is 478 g/mol. The maximum Gasteiger partial charge on any atom is 0.261 e. The maximum atomic E-state index is 13.7. The standard InChI is InChI=1S/C30H29N5O3/c1-18-12-14-21(15-13-18)27-26(30(37)34-24-10-5-6-11-25(24)38-4)20(3)32-28-23(17-31-35(27)28)29(36)33-22-9-7-8-19(2)16-22/h5-17,27,32H,1-4H3,(H,33,36)(H,34,37)/t27-/m1/s1. The minimum Gasteiger partial charge on any atom is -0.495 e. The van der Waals surface area contributed by atoms with Crippen molar-refractivity contribution in [3.05, 3.63) is 113 Å². The highest BCUT2D eigenvalue weighted by Gasteiger charge is 2.35. The zero-order valence-electron chi connectivity index (χ0n) is 21.7. The average Bonchev–Trinajstić information content (AvgIpc) is 3.32. The number of fused-ring (bicyclic) bond motifs is 1. The van der Waals surface area contributed by atoms with Crippen LogP contribution in [-0.2, 0) is 4.79 Å². The Morgan fingerprint density at radius 3 is 2.39 bits per heavy atom. The second kappa shape index (κ2) is 10.3. The molecule has 1 aromatic heterocycles. The molecule has 1 atom stereocenters. The summed E-state index contributed by atoms with van der Waals surface area (Å²) in [7, 11) is 1.56. The highest BCUT2D eigenvalue weighted by atomic mass is 16.5. The highest BCUT2D eigenvalue weighted by molar-refractivity contribution is 6.09.